The lowest BCUT2D eigenvalue weighted by molar-refractivity contribution is -0.128. The maximum atomic E-state index is 11.7. The van der Waals surface area contributed by atoms with Gasteiger partial charge in [-0.05, 0) is 12.1 Å². The van der Waals surface area contributed by atoms with Gasteiger partial charge in [0.15, 0.2) is 0 Å². The smallest absolute Gasteiger partial charge is 0.225 e. The lowest BCUT2D eigenvalue weighted by Crippen LogP contribution is -2.35. The van der Waals surface area contributed by atoms with E-state index in [4.69, 9.17) is 0 Å². The molecule has 0 saturated carbocycles. The molecule has 0 aromatic carbocycles. The van der Waals surface area contributed by atoms with Gasteiger partial charge in [0.2, 0.25) is 5.91 Å². The standard InChI is InChI=1S/C15H19N3OS/c1-15(2,3)14(19)17-9-6-12-10-20-13(18-12)11-4-7-16-8-5-11/h4-5,7-8,10H,6,9H2,1-3H3,(H,17,19). The first kappa shape index (κ1) is 14.7. The number of pyridine rings is 1. The van der Waals surface area contributed by atoms with Crippen LogP contribution in [0.4, 0.5) is 0 Å². The van der Waals surface area contributed by atoms with Crippen LogP contribution in [0.5, 0.6) is 0 Å². The van der Waals surface area contributed by atoms with Crippen LogP contribution in [0, 0.1) is 5.41 Å². The van der Waals surface area contributed by atoms with Crippen LogP contribution in [0.1, 0.15) is 26.5 Å². The number of aromatic nitrogens is 2. The second kappa shape index (κ2) is 6.13. The third kappa shape index (κ3) is 3.87. The number of amides is 1. The fraction of sp³-hybridized carbons (Fsp3) is 0.400. The molecule has 0 aliphatic carbocycles. The average molecular weight is 289 g/mol. The lowest BCUT2D eigenvalue weighted by atomic mass is 9.96. The molecule has 2 aromatic heterocycles. The zero-order valence-electron chi connectivity index (χ0n) is 12.0. The second-order valence-corrected chi connectivity index (χ2v) is 6.49. The minimum atomic E-state index is -0.343. The second-order valence-electron chi connectivity index (χ2n) is 5.64. The third-order valence-electron chi connectivity index (χ3n) is 2.83. The van der Waals surface area contributed by atoms with Gasteiger partial charge in [0.05, 0.1) is 5.69 Å². The zero-order chi connectivity index (χ0) is 14.6. The van der Waals surface area contributed by atoms with Gasteiger partial charge >= 0.3 is 0 Å². The number of carbonyl (C=O) groups excluding carboxylic acids is 1. The highest BCUT2D eigenvalue weighted by molar-refractivity contribution is 7.13. The summed E-state index contributed by atoms with van der Waals surface area (Å²) < 4.78 is 0. The molecule has 0 fully saturated rings. The normalized spacial score (nSPS) is 11.3. The summed E-state index contributed by atoms with van der Waals surface area (Å²) in [5, 5.41) is 5.97. The van der Waals surface area contributed by atoms with E-state index in [1.807, 2.05) is 38.3 Å². The topological polar surface area (TPSA) is 54.9 Å². The van der Waals surface area contributed by atoms with Crippen molar-refractivity contribution in [1.29, 1.82) is 0 Å². The molecule has 0 radical (unpaired) electrons. The quantitative estimate of drug-likeness (QED) is 0.941. The molecule has 0 atom stereocenters. The van der Waals surface area contributed by atoms with Crippen molar-refractivity contribution in [3.05, 3.63) is 35.6 Å². The van der Waals surface area contributed by atoms with E-state index in [2.05, 4.69) is 15.3 Å². The molecule has 0 aliphatic rings. The van der Waals surface area contributed by atoms with Crippen molar-refractivity contribution in [3.8, 4) is 10.6 Å². The van der Waals surface area contributed by atoms with Crippen molar-refractivity contribution in [1.82, 2.24) is 15.3 Å². The summed E-state index contributed by atoms with van der Waals surface area (Å²) >= 11 is 1.62. The fourth-order valence-corrected chi connectivity index (χ4v) is 2.48. The van der Waals surface area contributed by atoms with Gasteiger partial charge in [-0.2, -0.15) is 0 Å². The van der Waals surface area contributed by atoms with Gasteiger partial charge in [-0.25, -0.2) is 4.98 Å². The highest BCUT2D eigenvalue weighted by Crippen LogP contribution is 2.22. The Balaban J connectivity index is 1.90. The van der Waals surface area contributed by atoms with E-state index in [9.17, 15) is 4.79 Å². The SMILES string of the molecule is CC(C)(C)C(=O)NCCc1csc(-c2ccncc2)n1. The first-order chi connectivity index (χ1) is 9.47. The summed E-state index contributed by atoms with van der Waals surface area (Å²) in [5.74, 6) is 0.0714. The molecular formula is C15H19N3OS. The largest absolute Gasteiger partial charge is 0.355 e. The van der Waals surface area contributed by atoms with Gasteiger partial charge in [-0.1, -0.05) is 20.8 Å². The van der Waals surface area contributed by atoms with E-state index in [0.29, 0.717) is 6.54 Å². The van der Waals surface area contributed by atoms with E-state index in [0.717, 1.165) is 22.7 Å². The van der Waals surface area contributed by atoms with Crippen LogP contribution in [0.3, 0.4) is 0 Å². The number of thiazole rings is 1. The summed E-state index contributed by atoms with van der Waals surface area (Å²) in [7, 11) is 0. The van der Waals surface area contributed by atoms with Gasteiger partial charge < -0.3 is 5.32 Å². The first-order valence-corrected chi connectivity index (χ1v) is 7.48. The Labute approximate surface area is 123 Å². The van der Waals surface area contributed by atoms with Gasteiger partial charge in [0.25, 0.3) is 0 Å². The maximum absolute atomic E-state index is 11.7. The maximum Gasteiger partial charge on any atom is 0.225 e. The molecule has 20 heavy (non-hydrogen) atoms. The molecule has 0 saturated heterocycles. The van der Waals surface area contributed by atoms with Crippen LogP contribution in [0.2, 0.25) is 0 Å². The molecule has 2 aromatic rings. The van der Waals surface area contributed by atoms with Gasteiger partial charge in [-0.15, -0.1) is 11.3 Å². The summed E-state index contributed by atoms with van der Waals surface area (Å²) in [4.78, 5) is 20.3. The lowest BCUT2D eigenvalue weighted by Gasteiger charge is -2.17. The van der Waals surface area contributed by atoms with E-state index < -0.39 is 0 Å². The van der Waals surface area contributed by atoms with Crippen molar-refractivity contribution in [2.75, 3.05) is 6.54 Å². The van der Waals surface area contributed by atoms with Crippen LogP contribution in [0.15, 0.2) is 29.9 Å². The van der Waals surface area contributed by atoms with Crippen molar-refractivity contribution >= 4 is 17.2 Å². The molecule has 0 bridgehead atoms. The minimum Gasteiger partial charge on any atom is -0.355 e. The molecule has 0 unspecified atom stereocenters. The molecule has 5 heteroatoms. The van der Waals surface area contributed by atoms with Crippen molar-refractivity contribution in [2.45, 2.75) is 27.2 Å². The number of hydrogen-bond acceptors (Lipinski definition) is 4. The number of rotatable bonds is 4. The first-order valence-electron chi connectivity index (χ1n) is 6.60. The Morgan fingerprint density at radius 1 is 1.30 bits per heavy atom. The van der Waals surface area contributed by atoms with Crippen LogP contribution in [-0.2, 0) is 11.2 Å². The number of hydrogen-bond donors (Lipinski definition) is 1. The molecule has 106 valence electrons. The summed E-state index contributed by atoms with van der Waals surface area (Å²) in [6.45, 7) is 6.35. The highest BCUT2D eigenvalue weighted by Gasteiger charge is 2.20. The Kier molecular flexibility index (Phi) is 4.49. The molecule has 1 N–H and O–H groups in total. The Morgan fingerprint density at radius 2 is 2.00 bits per heavy atom. The van der Waals surface area contributed by atoms with E-state index >= 15 is 0 Å². The van der Waals surface area contributed by atoms with Gasteiger partial charge in [-0.3, -0.25) is 9.78 Å². The number of nitrogens with zero attached hydrogens (tertiary/aromatic N) is 2. The Bertz CT molecular complexity index is 572. The molecule has 4 nitrogen and oxygen atoms in total. The predicted molar refractivity (Wildman–Crippen MR) is 81.5 cm³/mol. The molecule has 1 amide bonds. The summed E-state index contributed by atoms with van der Waals surface area (Å²) in [6, 6.07) is 3.90. The number of nitrogens with one attached hydrogen (secondary N) is 1. The van der Waals surface area contributed by atoms with Gasteiger partial charge in [0, 0.05) is 41.7 Å². The summed E-state index contributed by atoms with van der Waals surface area (Å²) in [6.07, 6.45) is 4.28. The van der Waals surface area contributed by atoms with Crippen LogP contribution in [-0.4, -0.2) is 22.4 Å². The molecule has 0 aliphatic heterocycles. The molecule has 0 spiro atoms. The van der Waals surface area contributed by atoms with Crippen LogP contribution < -0.4 is 5.32 Å². The highest BCUT2D eigenvalue weighted by atomic mass is 32.1. The molecular weight excluding hydrogens is 270 g/mol. The van der Waals surface area contributed by atoms with Crippen molar-refractivity contribution in [3.63, 3.8) is 0 Å². The van der Waals surface area contributed by atoms with Crippen molar-refractivity contribution in [2.24, 2.45) is 5.41 Å². The Morgan fingerprint density at radius 3 is 2.65 bits per heavy atom. The molecule has 2 rings (SSSR count). The Hall–Kier alpha value is -1.75. The van der Waals surface area contributed by atoms with E-state index in [-0.39, 0.29) is 11.3 Å². The summed E-state index contributed by atoms with van der Waals surface area (Å²) in [5.41, 5.74) is 1.75. The van der Waals surface area contributed by atoms with Crippen LogP contribution >= 0.6 is 11.3 Å². The fourth-order valence-electron chi connectivity index (χ4n) is 1.62. The monoisotopic (exact) mass is 289 g/mol. The number of carbonyl (C=O) groups is 1. The van der Waals surface area contributed by atoms with Crippen LogP contribution in [0.25, 0.3) is 10.6 Å². The van der Waals surface area contributed by atoms with Gasteiger partial charge in [0.1, 0.15) is 5.01 Å². The third-order valence-corrected chi connectivity index (χ3v) is 3.77. The average Bonchev–Trinajstić information content (AvgIpc) is 2.87. The minimum absolute atomic E-state index is 0.0714. The predicted octanol–water partition coefficient (Wildman–Crippen LogP) is 2.91. The van der Waals surface area contributed by atoms with Crippen molar-refractivity contribution < 1.29 is 4.79 Å². The molecule has 2 heterocycles. The zero-order valence-corrected chi connectivity index (χ0v) is 12.8. The van der Waals surface area contributed by atoms with E-state index in [1.54, 1.807) is 23.7 Å². The van der Waals surface area contributed by atoms with E-state index in [1.165, 1.54) is 0 Å².